The van der Waals surface area contributed by atoms with E-state index in [4.69, 9.17) is 4.42 Å². The molecule has 94 valence electrons. The number of hydrogen-bond acceptors (Lipinski definition) is 3. The summed E-state index contributed by atoms with van der Waals surface area (Å²) in [6, 6.07) is 12.5. The van der Waals surface area contributed by atoms with Gasteiger partial charge >= 0.3 is 0 Å². The van der Waals surface area contributed by atoms with E-state index in [1.807, 2.05) is 12.1 Å². The van der Waals surface area contributed by atoms with Crippen molar-refractivity contribution >= 4 is 11.4 Å². The summed E-state index contributed by atoms with van der Waals surface area (Å²) in [4.78, 5) is 2.39. The van der Waals surface area contributed by atoms with E-state index in [0.29, 0.717) is 0 Å². The second kappa shape index (κ2) is 5.17. The molecule has 2 aromatic rings. The molecule has 18 heavy (non-hydrogen) atoms. The largest absolute Gasteiger partial charge is 0.467 e. The van der Waals surface area contributed by atoms with Crippen LogP contribution in [0.2, 0.25) is 0 Å². The quantitative estimate of drug-likeness (QED) is 0.873. The number of furan rings is 1. The first-order valence-electron chi connectivity index (χ1n) is 6.54. The SMILES string of the molecule is c1coc(CN2CCCCNc3ccccc32)c1. The number of para-hydroxylation sites is 2. The molecule has 0 unspecified atom stereocenters. The van der Waals surface area contributed by atoms with Crippen molar-refractivity contribution in [1.82, 2.24) is 0 Å². The Balaban J connectivity index is 1.88. The van der Waals surface area contributed by atoms with Gasteiger partial charge in [-0.1, -0.05) is 12.1 Å². The predicted octanol–water partition coefficient (Wildman–Crippen LogP) is 3.49. The van der Waals surface area contributed by atoms with Gasteiger partial charge in [0.15, 0.2) is 0 Å². The van der Waals surface area contributed by atoms with Crippen molar-refractivity contribution in [3.8, 4) is 0 Å². The molecule has 1 aromatic carbocycles. The topological polar surface area (TPSA) is 28.4 Å². The fourth-order valence-corrected chi connectivity index (χ4v) is 2.42. The Hall–Kier alpha value is -1.90. The predicted molar refractivity (Wildman–Crippen MR) is 73.9 cm³/mol. The molecular formula is C15H18N2O. The lowest BCUT2D eigenvalue weighted by Crippen LogP contribution is -2.27. The molecule has 3 rings (SSSR count). The molecule has 1 N–H and O–H groups in total. The van der Waals surface area contributed by atoms with Crippen molar-refractivity contribution in [2.45, 2.75) is 19.4 Å². The lowest BCUT2D eigenvalue weighted by Gasteiger charge is -2.28. The Morgan fingerprint density at radius 2 is 2.06 bits per heavy atom. The molecule has 0 saturated heterocycles. The third-order valence-electron chi connectivity index (χ3n) is 3.34. The highest BCUT2D eigenvalue weighted by Crippen LogP contribution is 2.28. The van der Waals surface area contributed by atoms with Gasteiger partial charge in [-0.15, -0.1) is 0 Å². The van der Waals surface area contributed by atoms with Gasteiger partial charge in [0.25, 0.3) is 0 Å². The molecule has 1 aliphatic heterocycles. The van der Waals surface area contributed by atoms with E-state index in [0.717, 1.165) is 25.4 Å². The van der Waals surface area contributed by atoms with Crippen molar-refractivity contribution in [2.24, 2.45) is 0 Å². The summed E-state index contributed by atoms with van der Waals surface area (Å²) in [6.45, 7) is 2.98. The monoisotopic (exact) mass is 242 g/mol. The number of nitrogens with one attached hydrogen (secondary N) is 1. The van der Waals surface area contributed by atoms with E-state index in [9.17, 15) is 0 Å². The van der Waals surface area contributed by atoms with Crippen LogP contribution >= 0.6 is 0 Å². The van der Waals surface area contributed by atoms with E-state index in [-0.39, 0.29) is 0 Å². The molecule has 1 aliphatic rings. The van der Waals surface area contributed by atoms with Gasteiger partial charge in [-0.25, -0.2) is 0 Å². The Morgan fingerprint density at radius 1 is 1.11 bits per heavy atom. The molecule has 0 atom stereocenters. The molecule has 0 aliphatic carbocycles. The van der Waals surface area contributed by atoms with Crippen LogP contribution in [0, 0.1) is 0 Å². The average Bonchev–Trinajstić information content (AvgIpc) is 2.87. The number of anilines is 2. The van der Waals surface area contributed by atoms with Crippen molar-refractivity contribution in [1.29, 1.82) is 0 Å². The minimum Gasteiger partial charge on any atom is -0.467 e. The lowest BCUT2D eigenvalue weighted by molar-refractivity contribution is 0.499. The normalized spacial score (nSPS) is 15.4. The van der Waals surface area contributed by atoms with Gasteiger partial charge < -0.3 is 14.6 Å². The Labute approximate surface area is 107 Å². The molecule has 3 heteroatoms. The maximum atomic E-state index is 5.46. The highest BCUT2D eigenvalue weighted by Gasteiger charge is 2.14. The van der Waals surface area contributed by atoms with Crippen LogP contribution in [0.3, 0.4) is 0 Å². The standard InChI is InChI=1S/C15H18N2O/c1-2-8-15-14(7-1)16-9-3-4-10-17(15)12-13-6-5-11-18-13/h1-2,5-8,11,16H,3-4,9-10,12H2. The number of nitrogens with zero attached hydrogens (tertiary/aromatic N) is 1. The van der Waals surface area contributed by atoms with Gasteiger partial charge in [0.1, 0.15) is 5.76 Å². The molecule has 2 heterocycles. The van der Waals surface area contributed by atoms with E-state index < -0.39 is 0 Å². The van der Waals surface area contributed by atoms with Crippen LogP contribution in [0.15, 0.2) is 47.1 Å². The molecule has 0 spiro atoms. The van der Waals surface area contributed by atoms with Gasteiger partial charge in [-0.3, -0.25) is 0 Å². The minimum atomic E-state index is 0.839. The number of rotatable bonds is 2. The minimum absolute atomic E-state index is 0.839. The zero-order valence-electron chi connectivity index (χ0n) is 10.4. The van der Waals surface area contributed by atoms with Crippen LogP contribution in [0.25, 0.3) is 0 Å². The maximum Gasteiger partial charge on any atom is 0.123 e. The van der Waals surface area contributed by atoms with Crippen LogP contribution in [0.1, 0.15) is 18.6 Å². The highest BCUT2D eigenvalue weighted by atomic mass is 16.3. The summed E-state index contributed by atoms with van der Waals surface area (Å²) in [7, 11) is 0. The Kier molecular flexibility index (Phi) is 3.22. The van der Waals surface area contributed by atoms with Gasteiger partial charge in [0.05, 0.1) is 24.2 Å². The third kappa shape index (κ3) is 2.35. The van der Waals surface area contributed by atoms with Gasteiger partial charge in [-0.2, -0.15) is 0 Å². The molecule has 3 nitrogen and oxygen atoms in total. The van der Waals surface area contributed by atoms with Crippen LogP contribution in [-0.2, 0) is 6.54 Å². The molecule has 0 radical (unpaired) electrons. The molecule has 0 fully saturated rings. The first-order valence-corrected chi connectivity index (χ1v) is 6.54. The lowest BCUT2D eigenvalue weighted by atomic mass is 10.1. The smallest absolute Gasteiger partial charge is 0.123 e. The number of fused-ring (bicyclic) bond motifs is 1. The third-order valence-corrected chi connectivity index (χ3v) is 3.34. The van der Waals surface area contributed by atoms with E-state index >= 15 is 0 Å². The fraction of sp³-hybridized carbons (Fsp3) is 0.333. The average molecular weight is 242 g/mol. The van der Waals surface area contributed by atoms with Crippen LogP contribution < -0.4 is 10.2 Å². The molecule has 1 aromatic heterocycles. The highest BCUT2D eigenvalue weighted by molar-refractivity contribution is 5.70. The van der Waals surface area contributed by atoms with E-state index in [1.165, 1.54) is 24.2 Å². The number of benzene rings is 1. The first-order chi connectivity index (χ1) is 8.93. The second-order valence-corrected chi connectivity index (χ2v) is 4.65. The summed E-state index contributed by atoms with van der Waals surface area (Å²) >= 11 is 0. The summed E-state index contributed by atoms with van der Waals surface area (Å²) in [5, 5.41) is 3.50. The zero-order valence-corrected chi connectivity index (χ0v) is 10.4. The van der Waals surface area contributed by atoms with Crippen molar-refractivity contribution < 1.29 is 4.42 Å². The molecule has 0 amide bonds. The van der Waals surface area contributed by atoms with Gasteiger partial charge in [0.2, 0.25) is 0 Å². The van der Waals surface area contributed by atoms with Crippen LogP contribution in [-0.4, -0.2) is 13.1 Å². The maximum absolute atomic E-state index is 5.46. The fourth-order valence-electron chi connectivity index (χ4n) is 2.42. The molecular weight excluding hydrogens is 224 g/mol. The van der Waals surface area contributed by atoms with Crippen molar-refractivity contribution in [3.63, 3.8) is 0 Å². The molecule has 0 saturated carbocycles. The summed E-state index contributed by atoms with van der Waals surface area (Å²) < 4.78 is 5.46. The van der Waals surface area contributed by atoms with Crippen LogP contribution in [0.4, 0.5) is 11.4 Å². The Morgan fingerprint density at radius 3 is 2.94 bits per heavy atom. The molecule has 0 bridgehead atoms. The number of hydrogen-bond donors (Lipinski definition) is 1. The van der Waals surface area contributed by atoms with Crippen molar-refractivity contribution in [3.05, 3.63) is 48.4 Å². The zero-order chi connectivity index (χ0) is 12.2. The summed E-state index contributed by atoms with van der Waals surface area (Å²) in [6.07, 6.45) is 4.16. The Bertz CT molecular complexity index is 493. The summed E-state index contributed by atoms with van der Waals surface area (Å²) in [5.41, 5.74) is 2.50. The second-order valence-electron chi connectivity index (χ2n) is 4.65. The van der Waals surface area contributed by atoms with E-state index in [1.54, 1.807) is 6.26 Å². The van der Waals surface area contributed by atoms with Gasteiger partial charge in [0, 0.05) is 13.1 Å². The van der Waals surface area contributed by atoms with Gasteiger partial charge in [-0.05, 0) is 37.1 Å². The van der Waals surface area contributed by atoms with Crippen LogP contribution in [0.5, 0.6) is 0 Å². The first kappa shape index (κ1) is 11.2. The summed E-state index contributed by atoms with van der Waals surface area (Å²) in [5.74, 6) is 1.02. The van der Waals surface area contributed by atoms with Crippen molar-refractivity contribution in [2.75, 3.05) is 23.3 Å². The van der Waals surface area contributed by atoms with E-state index in [2.05, 4.69) is 34.5 Å².